The summed E-state index contributed by atoms with van der Waals surface area (Å²) >= 11 is 1.50. The Labute approximate surface area is 134 Å². The number of hydrogen-bond acceptors (Lipinski definition) is 3. The van der Waals surface area contributed by atoms with Gasteiger partial charge in [-0.3, -0.25) is 0 Å². The molecule has 0 fully saturated rings. The van der Waals surface area contributed by atoms with Crippen molar-refractivity contribution in [1.82, 2.24) is 4.98 Å². The number of hydrogen-bond donors (Lipinski definition) is 0. The Bertz CT molecular complexity index is 821. The van der Waals surface area contributed by atoms with Crippen LogP contribution < -0.4 is 0 Å². The zero-order chi connectivity index (χ0) is 15.4. The fraction of sp³-hybridized carbons (Fsp3) is 0.0526. The third-order valence-electron chi connectivity index (χ3n) is 3.45. The number of rotatable bonds is 3. The van der Waals surface area contributed by atoms with E-state index in [1.165, 1.54) is 11.8 Å². The van der Waals surface area contributed by atoms with Crippen LogP contribution in [0.3, 0.4) is 0 Å². The highest BCUT2D eigenvalue weighted by Crippen LogP contribution is 2.33. The van der Waals surface area contributed by atoms with Gasteiger partial charge in [-0.05, 0) is 17.9 Å². The van der Waals surface area contributed by atoms with E-state index >= 15 is 0 Å². The average Bonchev–Trinajstić information content (AvgIpc) is 2.62. The Kier molecular flexibility index (Phi) is 4.22. The first-order chi connectivity index (χ1) is 10.8. The molecule has 0 bridgehead atoms. The number of thioether (sulfide) groups is 1. The highest BCUT2D eigenvalue weighted by molar-refractivity contribution is 7.98. The van der Waals surface area contributed by atoms with Crippen LogP contribution in [0.15, 0.2) is 71.8 Å². The molecule has 2 aromatic carbocycles. The molecule has 1 heterocycles. The van der Waals surface area contributed by atoms with E-state index in [0.29, 0.717) is 5.56 Å². The van der Waals surface area contributed by atoms with Crippen LogP contribution in [0.1, 0.15) is 5.56 Å². The summed E-state index contributed by atoms with van der Waals surface area (Å²) in [6.45, 7) is 0. The standard InChI is InChI=1S/C19H14N2S/c1-22-19-17(13-20)16(14-8-4-2-5-9-14)12-18(21-19)15-10-6-3-7-11-15/h2-12H,1H3. The predicted molar refractivity (Wildman–Crippen MR) is 91.6 cm³/mol. The van der Waals surface area contributed by atoms with Gasteiger partial charge in [0, 0.05) is 11.1 Å². The van der Waals surface area contributed by atoms with Gasteiger partial charge < -0.3 is 0 Å². The zero-order valence-electron chi connectivity index (χ0n) is 12.2. The number of nitrogens with zero attached hydrogens (tertiary/aromatic N) is 2. The van der Waals surface area contributed by atoms with Crippen molar-refractivity contribution in [2.75, 3.05) is 6.26 Å². The summed E-state index contributed by atoms with van der Waals surface area (Å²) in [5, 5.41) is 10.3. The molecule has 0 saturated heterocycles. The quantitative estimate of drug-likeness (QED) is 0.638. The summed E-state index contributed by atoms with van der Waals surface area (Å²) in [7, 11) is 0. The van der Waals surface area contributed by atoms with Crippen molar-refractivity contribution in [3.8, 4) is 28.5 Å². The monoisotopic (exact) mass is 302 g/mol. The third-order valence-corrected chi connectivity index (χ3v) is 4.13. The first-order valence-corrected chi connectivity index (χ1v) is 8.16. The molecule has 2 nitrogen and oxygen atoms in total. The van der Waals surface area contributed by atoms with Crippen LogP contribution in [0.5, 0.6) is 0 Å². The largest absolute Gasteiger partial charge is 0.240 e. The van der Waals surface area contributed by atoms with Crippen molar-refractivity contribution < 1.29 is 0 Å². The van der Waals surface area contributed by atoms with E-state index in [1.54, 1.807) is 0 Å². The van der Waals surface area contributed by atoms with E-state index in [2.05, 4.69) is 11.1 Å². The Morgan fingerprint density at radius 3 is 2.05 bits per heavy atom. The molecule has 0 radical (unpaired) electrons. The van der Waals surface area contributed by atoms with Crippen molar-refractivity contribution >= 4 is 11.8 Å². The first-order valence-electron chi connectivity index (χ1n) is 6.93. The fourth-order valence-electron chi connectivity index (χ4n) is 2.38. The summed E-state index contributed by atoms with van der Waals surface area (Å²) in [4.78, 5) is 4.66. The van der Waals surface area contributed by atoms with Gasteiger partial charge in [-0.25, -0.2) is 4.98 Å². The molecule has 3 rings (SSSR count). The number of pyridine rings is 1. The van der Waals surface area contributed by atoms with Gasteiger partial charge in [-0.1, -0.05) is 60.7 Å². The highest BCUT2D eigenvalue weighted by atomic mass is 32.2. The van der Waals surface area contributed by atoms with E-state index in [4.69, 9.17) is 0 Å². The van der Waals surface area contributed by atoms with Gasteiger partial charge >= 0.3 is 0 Å². The molecular formula is C19H14N2S. The molecule has 0 unspecified atom stereocenters. The van der Waals surface area contributed by atoms with Crippen molar-refractivity contribution in [2.45, 2.75) is 5.03 Å². The van der Waals surface area contributed by atoms with Crippen LogP contribution in [-0.4, -0.2) is 11.2 Å². The van der Waals surface area contributed by atoms with Crippen molar-refractivity contribution in [3.63, 3.8) is 0 Å². The van der Waals surface area contributed by atoms with Gasteiger partial charge in [-0.15, -0.1) is 11.8 Å². The molecule has 0 spiro atoms. The summed E-state index contributed by atoms with van der Waals surface area (Å²) in [6.07, 6.45) is 1.95. The topological polar surface area (TPSA) is 36.7 Å². The summed E-state index contributed by atoms with van der Waals surface area (Å²) in [5.41, 5.74) is 4.55. The second-order valence-electron chi connectivity index (χ2n) is 4.78. The maximum atomic E-state index is 9.55. The molecule has 106 valence electrons. The highest BCUT2D eigenvalue weighted by Gasteiger charge is 2.14. The molecule has 0 N–H and O–H groups in total. The lowest BCUT2D eigenvalue weighted by molar-refractivity contribution is 1.12. The number of nitriles is 1. The van der Waals surface area contributed by atoms with Crippen molar-refractivity contribution in [1.29, 1.82) is 5.26 Å². The zero-order valence-corrected chi connectivity index (χ0v) is 13.0. The molecule has 0 aliphatic carbocycles. The lowest BCUT2D eigenvalue weighted by Gasteiger charge is -2.11. The van der Waals surface area contributed by atoms with Crippen LogP contribution in [0.2, 0.25) is 0 Å². The first kappa shape index (κ1) is 14.4. The normalized spacial score (nSPS) is 10.2. The Morgan fingerprint density at radius 1 is 0.909 bits per heavy atom. The van der Waals surface area contributed by atoms with Gasteiger partial charge in [0.1, 0.15) is 11.1 Å². The second kappa shape index (κ2) is 6.46. The minimum atomic E-state index is 0.637. The van der Waals surface area contributed by atoms with Gasteiger partial charge in [0.15, 0.2) is 0 Å². The van der Waals surface area contributed by atoms with Crippen LogP contribution in [0, 0.1) is 11.3 Å². The Hall–Kier alpha value is -2.57. The summed E-state index contributed by atoms with van der Waals surface area (Å²) in [5.74, 6) is 0. The molecule has 22 heavy (non-hydrogen) atoms. The molecule has 0 aliphatic rings. The molecular weight excluding hydrogens is 288 g/mol. The SMILES string of the molecule is CSc1nc(-c2ccccc2)cc(-c2ccccc2)c1C#N. The van der Waals surface area contributed by atoms with E-state index in [0.717, 1.165) is 27.4 Å². The molecule has 0 amide bonds. The van der Waals surface area contributed by atoms with Crippen molar-refractivity contribution in [3.05, 3.63) is 72.3 Å². The molecule has 0 aliphatic heterocycles. The maximum absolute atomic E-state index is 9.55. The summed E-state index contributed by atoms with van der Waals surface area (Å²) in [6, 6.07) is 24.4. The molecule has 0 atom stereocenters. The van der Waals surface area contributed by atoms with E-state index in [9.17, 15) is 5.26 Å². The van der Waals surface area contributed by atoms with E-state index in [1.807, 2.05) is 73.0 Å². The Balaban J connectivity index is 2.26. The maximum Gasteiger partial charge on any atom is 0.115 e. The molecule has 3 heteroatoms. The van der Waals surface area contributed by atoms with Gasteiger partial charge in [0.05, 0.1) is 11.3 Å². The minimum absolute atomic E-state index is 0.637. The van der Waals surface area contributed by atoms with E-state index in [-0.39, 0.29) is 0 Å². The van der Waals surface area contributed by atoms with Gasteiger partial charge in [-0.2, -0.15) is 5.26 Å². The van der Waals surface area contributed by atoms with Crippen molar-refractivity contribution in [2.24, 2.45) is 0 Å². The fourth-order valence-corrected chi connectivity index (χ4v) is 2.93. The smallest absolute Gasteiger partial charge is 0.115 e. The second-order valence-corrected chi connectivity index (χ2v) is 5.58. The van der Waals surface area contributed by atoms with Gasteiger partial charge in [0.25, 0.3) is 0 Å². The summed E-state index contributed by atoms with van der Waals surface area (Å²) < 4.78 is 0. The molecule has 1 aromatic heterocycles. The van der Waals surface area contributed by atoms with Crippen LogP contribution in [-0.2, 0) is 0 Å². The van der Waals surface area contributed by atoms with E-state index < -0.39 is 0 Å². The van der Waals surface area contributed by atoms with Gasteiger partial charge in [0.2, 0.25) is 0 Å². The third kappa shape index (κ3) is 2.74. The lowest BCUT2D eigenvalue weighted by atomic mass is 9.99. The number of aromatic nitrogens is 1. The van der Waals surface area contributed by atoms with Crippen LogP contribution in [0.25, 0.3) is 22.4 Å². The lowest BCUT2D eigenvalue weighted by Crippen LogP contribution is -1.95. The van der Waals surface area contributed by atoms with Crippen LogP contribution in [0.4, 0.5) is 0 Å². The van der Waals surface area contributed by atoms with Crippen LogP contribution >= 0.6 is 11.8 Å². The average molecular weight is 302 g/mol. The predicted octanol–water partition coefficient (Wildman–Crippen LogP) is 5.01. The molecule has 0 saturated carbocycles. The molecule has 3 aromatic rings. The number of benzene rings is 2. The minimum Gasteiger partial charge on any atom is -0.240 e. The Morgan fingerprint density at radius 2 is 1.50 bits per heavy atom.